The smallest absolute Gasteiger partial charge is 0.254 e. The lowest BCUT2D eigenvalue weighted by Gasteiger charge is -2.14. The number of fused-ring (bicyclic) bond motifs is 1. The molecule has 3 heterocycles. The third-order valence-electron chi connectivity index (χ3n) is 6.13. The van der Waals surface area contributed by atoms with Gasteiger partial charge in [0.25, 0.3) is 5.91 Å². The van der Waals surface area contributed by atoms with Gasteiger partial charge in [-0.25, -0.2) is 9.07 Å². The van der Waals surface area contributed by atoms with Crippen LogP contribution in [0.4, 0.5) is 4.39 Å². The monoisotopic (exact) mass is 421 g/mol. The standard InChI is InChI=1S/C21H20FN3O.C4H8O/c1-13-14(2)19-12-24(3)21(26)18(19)10-16(13)9-15-5-6-17(11-20(15)22)25-8-4-7-23-25;1-2-4-5-3-1/h4-8,10-11H,9,12H2,1-3H3;1-4H2. The van der Waals surface area contributed by atoms with Crippen LogP contribution in [0.25, 0.3) is 5.69 Å². The summed E-state index contributed by atoms with van der Waals surface area (Å²) >= 11 is 0. The second-order valence-corrected chi connectivity index (χ2v) is 8.20. The molecule has 0 saturated carbocycles. The lowest BCUT2D eigenvalue weighted by atomic mass is 9.91. The van der Waals surface area contributed by atoms with Crippen molar-refractivity contribution in [2.24, 2.45) is 0 Å². The average Bonchev–Trinajstić information content (AvgIpc) is 3.53. The van der Waals surface area contributed by atoms with Crippen LogP contribution in [0, 0.1) is 19.7 Å². The Morgan fingerprint density at radius 3 is 2.48 bits per heavy atom. The van der Waals surface area contributed by atoms with E-state index in [-0.39, 0.29) is 11.7 Å². The number of rotatable bonds is 3. The molecule has 1 amide bonds. The van der Waals surface area contributed by atoms with Crippen molar-refractivity contribution in [2.45, 2.75) is 39.7 Å². The van der Waals surface area contributed by atoms with Crippen LogP contribution in [0.3, 0.4) is 0 Å². The summed E-state index contributed by atoms with van der Waals surface area (Å²) in [6.45, 7) is 6.74. The molecule has 0 spiro atoms. The summed E-state index contributed by atoms with van der Waals surface area (Å²) < 4.78 is 21.2. The average molecular weight is 422 g/mol. The van der Waals surface area contributed by atoms with E-state index >= 15 is 0 Å². The Morgan fingerprint density at radius 2 is 1.87 bits per heavy atom. The zero-order valence-electron chi connectivity index (χ0n) is 18.3. The Kier molecular flexibility index (Phi) is 6.18. The maximum absolute atomic E-state index is 14.7. The van der Waals surface area contributed by atoms with Crippen LogP contribution in [-0.2, 0) is 17.7 Å². The van der Waals surface area contributed by atoms with Gasteiger partial charge < -0.3 is 9.64 Å². The van der Waals surface area contributed by atoms with Crippen LogP contribution in [0.2, 0.25) is 0 Å². The lowest BCUT2D eigenvalue weighted by molar-refractivity contribution is 0.0816. The van der Waals surface area contributed by atoms with Crippen LogP contribution >= 0.6 is 0 Å². The summed E-state index contributed by atoms with van der Waals surface area (Å²) in [6, 6.07) is 8.89. The van der Waals surface area contributed by atoms with Crippen LogP contribution in [-0.4, -0.2) is 40.8 Å². The molecular formula is C25H28FN3O2. The van der Waals surface area contributed by atoms with Crippen molar-refractivity contribution < 1.29 is 13.9 Å². The normalized spacial score (nSPS) is 15.1. The number of halogens is 1. The van der Waals surface area contributed by atoms with E-state index in [2.05, 4.69) is 5.10 Å². The molecule has 0 aliphatic carbocycles. The van der Waals surface area contributed by atoms with E-state index in [0.717, 1.165) is 41.0 Å². The van der Waals surface area contributed by atoms with E-state index < -0.39 is 0 Å². The molecule has 0 N–H and O–H groups in total. The van der Waals surface area contributed by atoms with Gasteiger partial charge in [-0.3, -0.25) is 4.79 Å². The number of carbonyl (C=O) groups excluding carboxylic acids is 1. The first-order valence-electron chi connectivity index (χ1n) is 10.7. The molecule has 3 aromatic rings. The SMILES string of the molecule is C1CCOC1.Cc1c(Cc2ccc(-n3cccn3)cc2F)cc2c(c1C)CN(C)C2=O. The molecule has 5 rings (SSSR count). The topological polar surface area (TPSA) is 47.4 Å². The van der Waals surface area contributed by atoms with Crippen molar-refractivity contribution in [1.29, 1.82) is 0 Å². The molecule has 31 heavy (non-hydrogen) atoms. The van der Waals surface area contributed by atoms with E-state index in [1.807, 2.05) is 33.0 Å². The minimum Gasteiger partial charge on any atom is -0.381 e. The number of hydrogen-bond acceptors (Lipinski definition) is 3. The molecule has 1 aromatic heterocycles. The number of carbonyl (C=O) groups is 1. The fraction of sp³-hybridized carbons (Fsp3) is 0.360. The fourth-order valence-corrected chi connectivity index (χ4v) is 4.09. The van der Waals surface area contributed by atoms with E-state index in [1.165, 1.54) is 18.9 Å². The minimum atomic E-state index is -0.265. The molecular weight excluding hydrogens is 393 g/mol. The highest BCUT2D eigenvalue weighted by molar-refractivity contribution is 5.99. The summed E-state index contributed by atoms with van der Waals surface area (Å²) in [6.07, 6.45) is 6.46. The zero-order chi connectivity index (χ0) is 22.0. The molecule has 0 atom stereocenters. The number of benzene rings is 2. The quantitative estimate of drug-likeness (QED) is 0.621. The van der Waals surface area contributed by atoms with Crippen LogP contribution in [0.15, 0.2) is 42.7 Å². The lowest BCUT2D eigenvalue weighted by Crippen LogP contribution is -2.17. The van der Waals surface area contributed by atoms with E-state index in [0.29, 0.717) is 24.2 Å². The predicted octanol–water partition coefficient (Wildman–Crippen LogP) is 4.60. The van der Waals surface area contributed by atoms with Crippen molar-refractivity contribution in [3.05, 3.63) is 81.9 Å². The van der Waals surface area contributed by atoms with Crippen molar-refractivity contribution in [2.75, 3.05) is 20.3 Å². The molecule has 1 fully saturated rings. The maximum atomic E-state index is 14.7. The Labute approximate surface area is 182 Å². The second-order valence-electron chi connectivity index (χ2n) is 8.20. The summed E-state index contributed by atoms with van der Waals surface area (Å²) in [4.78, 5) is 14.1. The molecule has 1 saturated heterocycles. The van der Waals surface area contributed by atoms with Gasteiger partial charge in [-0.05, 0) is 78.8 Å². The van der Waals surface area contributed by atoms with E-state index in [9.17, 15) is 9.18 Å². The van der Waals surface area contributed by atoms with Gasteiger partial charge >= 0.3 is 0 Å². The largest absolute Gasteiger partial charge is 0.381 e. The van der Waals surface area contributed by atoms with Gasteiger partial charge in [0.2, 0.25) is 0 Å². The summed E-state index contributed by atoms with van der Waals surface area (Å²) in [5.41, 5.74) is 6.39. The van der Waals surface area contributed by atoms with Crippen LogP contribution < -0.4 is 0 Å². The highest BCUT2D eigenvalue weighted by atomic mass is 19.1. The predicted molar refractivity (Wildman–Crippen MR) is 118 cm³/mol. The van der Waals surface area contributed by atoms with Crippen LogP contribution in [0.5, 0.6) is 0 Å². The molecule has 0 bridgehead atoms. The minimum absolute atomic E-state index is 0.0406. The first-order valence-corrected chi connectivity index (χ1v) is 10.7. The Bertz CT molecular complexity index is 1080. The highest BCUT2D eigenvalue weighted by Crippen LogP contribution is 2.31. The van der Waals surface area contributed by atoms with Gasteiger partial charge in [0.05, 0.1) is 5.69 Å². The van der Waals surface area contributed by atoms with Gasteiger partial charge in [-0.2, -0.15) is 5.10 Å². The Balaban J connectivity index is 0.000000407. The third kappa shape index (κ3) is 4.39. The van der Waals surface area contributed by atoms with Gasteiger partial charge in [-0.1, -0.05) is 6.07 Å². The number of nitrogens with zero attached hydrogens (tertiary/aromatic N) is 3. The molecule has 2 aliphatic heterocycles. The fourth-order valence-electron chi connectivity index (χ4n) is 4.09. The van der Waals surface area contributed by atoms with E-state index in [4.69, 9.17) is 4.74 Å². The molecule has 0 radical (unpaired) electrons. The number of hydrogen-bond donors (Lipinski definition) is 0. The maximum Gasteiger partial charge on any atom is 0.254 e. The summed E-state index contributed by atoms with van der Waals surface area (Å²) in [5.74, 6) is -0.224. The van der Waals surface area contributed by atoms with Gasteiger partial charge in [0.1, 0.15) is 5.82 Å². The van der Waals surface area contributed by atoms with Crippen molar-refractivity contribution in [3.8, 4) is 5.69 Å². The highest BCUT2D eigenvalue weighted by Gasteiger charge is 2.27. The third-order valence-corrected chi connectivity index (χ3v) is 6.13. The molecule has 6 heteroatoms. The van der Waals surface area contributed by atoms with Crippen molar-refractivity contribution in [3.63, 3.8) is 0 Å². The number of aromatic nitrogens is 2. The summed E-state index contributed by atoms with van der Waals surface area (Å²) in [5, 5.41) is 4.13. The van der Waals surface area contributed by atoms with Gasteiger partial charge in [0, 0.05) is 51.2 Å². The van der Waals surface area contributed by atoms with Crippen molar-refractivity contribution >= 4 is 5.91 Å². The second kappa shape index (κ2) is 9.02. The summed E-state index contributed by atoms with van der Waals surface area (Å²) in [7, 11) is 1.81. The van der Waals surface area contributed by atoms with Gasteiger partial charge in [0.15, 0.2) is 0 Å². The zero-order valence-corrected chi connectivity index (χ0v) is 18.3. The first-order chi connectivity index (χ1) is 15.0. The first kappa shape index (κ1) is 21.2. The van der Waals surface area contributed by atoms with Gasteiger partial charge in [-0.15, -0.1) is 0 Å². The molecule has 0 unspecified atom stereocenters. The Morgan fingerprint density at radius 1 is 1.10 bits per heavy atom. The number of amides is 1. The number of ether oxygens (including phenoxy) is 1. The molecule has 5 nitrogen and oxygen atoms in total. The van der Waals surface area contributed by atoms with E-state index in [1.54, 1.807) is 34.1 Å². The molecule has 162 valence electrons. The molecule has 2 aliphatic rings. The molecule has 2 aromatic carbocycles. The Hall–Kier alpha value is -2.99. The van der Waals surface area contributed by atoms with Crippen molar-refractivity contribution in [1.82, 2.24) is 14.7 Å². The van der Waals surface area contributed by atoms with Crippen LogP contribution in [0.1, 0.15) is 51.0 Å².